The highest BCUT2D eigenvalue weighted by Gasteiger charge is 2.21. The number of sulfone groups is 1. The summed E-state index contributed by atoms with van der Waals surface area (Å²) in [5.74, 6) is 0.324. The zero-order valence-corrected chi connectivity index (χ0v) is 13.0. The molecule has 6 nitrogen and oxygen atoms in total. The average molecular weight is 312 g/mol. The molecule has 7 heteroatoms. The number of ether oxygens (including phenoxy) is 1. The van der Waals surface area contributed by atoms with Crippen LogP contribution in [-0.2, 0) is 9.84 Å². The highest BCUT2D eigenvalue weighted by atomic mass is 32.2. The largest absolute Gasteiger partial charge is 0.491 e. The van der Waals surface area contributed by atoms with Crippen LogP contribution in [0.1, 0.15) is 28.9 Å². The molecule has 2 rings (SSSR count). The van der Waals surface area contributed by atoms with Crippen molar-refractivity contribution in [3.63, 3.8) is 0 Å². The average Bonchev–Trinajstić information content (AvgIpc) is 2.59. The summed E-state index contributed by atoms with van der Waals surface area (Å²) in [5, 5.41) is 5.89. The lowest BCUT2D eigenvalue weighted by atomic mass is 10.0. The Morgan fingerprint density at radius 3 is 2.86 bits per heavy atom. The molecule has 1 aliphatic heterocycles. The number of benzene rings is 1. The number of hydrogen-bond acceptors (Lipinski definition) is 5. The molecule has 0 saturated carbocycles. The molecule has 0 radical (unpaired) electrons. The van der Waals surface area contributed by atoms with Crippen LogP contribution in [0.15, 0.2) is 18.2 Å². The highest BCUT2D eigenvalue weighted by Crippen LogP contribution is 2.25. The molecule has 1 heterocycles. The Bertz CT molecular complexity index is 628. The van der Waals surface area contributed by atoms with Gasteiger partial charge in [-0.05, 0) is 24.2 Å². The summed E-state index contributed by atoms with van der Waals surface area (Å²) in [5.41, 5.74) is 1.21. The lowest BCUT2D eigenvalue weighted by Gasteiger charge is -2.18. The van der Waals surface area contributed by atoms with E-state index in [1.807, 2.05) is 6.92 Å². The summed E-state index contributed by atoms with van der Waals surface area (Å²) in [6.07, 6.45) is 1.20. The predicted molar refractivity (Wildman–Crippen MR) is 80.4 cm³/mol. The lowest BCUT2D eigenvalue weighted by molar-refractivity contribution is 0.0957. The van der Waals surface area contributed by atoms with E-state index < -0.39 is 9.84 Å². The number of amides is 1. The molecule has 1 atom stereocenters. The first kappa shape index (κ1) is 15.8. The summed E-state index contributed by atoms with van der Waals surface area (Å²) in [6, 6.07) is 4.89. The molecule has 1 amide bonds. The number of fused-ring (bicyclic) bond motifs is 1. The second-order valence-electron chi connectivity index (χ2n) is 5.06. The molecule has 0 saturated heterocycles. The third-order valence-electron chi connectivity index (χ3n) is 3.22. The van der Waals surface area contributed by atoms with Gasteiger partial charge >= 0.3 is 0 Å². The van der Waals surface area contributed by atoms with Gasteiger partial charge in [0.25, 0.3) is 5.91 Å². The highest BCUT2D eigenvalue weighted by molar-refractivity contribution is 7.90. The summed E-state index contributed by atoms with van der Waals surface area (Å²) in [7, 11) is -3.13. The minimum atomic E-state index is -3.13. The van der Waals surface area contributed by atoms with Crippen molar-refractivity contribution in [1.29, 1.82) is 0 Å². The van der Waals surface area contributed by atoms with Gasteiger partial charge in [-0.3, -0.25) is 4.79 Å². The number of hydrogen-bond donors (Lipinski definition) is 2. The summed E-state index contributed by atoms with van der Waals surface area (Å²) in [6.45, 7) is 3.44. The van der Waals surface area contributed by atoms with E-state index in [-0.39, 0.29) is 17.7 Å². The second-order valence-corrected chi connectivity index (χ2v) is 7.25. The number of rotatable bonds is 5. The molecule has 0 fully saturated rings. The molecule has 1 aliphatic rings. The molecule has 0 spiro atoms. The SMILES string of the molecule is CCNC(CS(C)(=O)=O)c1ccc2c(c1)C(=O)NCCO2. The Labute approximate surface area is 124 Å². The van der Waals surface area contributed by atoms with E-state index in [9.17, 15) is 13.2 Å². The molecule has 21 heavy (non-hydrogen) atoms. The van der Waals surface area contributed by atoms with E-state index in [0.717, 1.165) is 5.56 Å². The minimum absolute atomic E-state index is 0.0118. The van der Waals surface area contributed by atoms with E-state index in [4.69, 9.17) is 4.74 Å². The third kappa shape index (κ3) is 4.18. The van der Waals surface area contributed by atoms with Gasteiger partial charge in [-0.2, -0.15) is 0 Å². The van der Waals surface area contributed by atoms with Crippen molar-refractivity contribution in [3.05, 3.63) is 29.3 Å². The molecule has 116 valence electrons. The molecule has 1 aromatic carbocycles. The summed E-state index contributed by atoms with van der Waals surface area (Å²) >= 11 is 0. The maximum atomic E-state index is 12.0. The Morgan fingerprint density at radius 2 is 2.19 bits per heavy atom. The fraction of sp³-hybridized carbons (Fsp3) is 0.500. The van der Waals surface area contributed by atoms with Crippen molar-refractivity contribution >= 4 is 15.7 Å². The van der Waals surface area contributed by atoms with Crippen LogP contribution in [0, 0.1) is 0 Å². The molecule has 1 unspecified atom stereocenters. The molecule has 0 aromatic heterocycles. The van der Waals surface area contributed by atoms with Gasteiger partial charge in [-0.25, -0.2) is 8.42 Å². The van der Waals surface area contributed by atoms with E-state index >= 15 is 0 Å². The van der Waals surface area contributed by atoms with Gasteiger partial charge in [0.2, 0.25) is 0 Å². The maximum Gasteiger partial charge on any atom is 0.255 e. The van der Waals surface area contributed by atoms with Gasteiger partial charge in [-0.15, -0.1) is 0 Å². The van der Waals surface area contributed by atoms with Crippen molar-refractivity contribution in [2.45, 2.75) is 13.0 Å². The van der Waals surface area contributed by atoms with Crippen LogP contribution in [0.25, 0.3) is 0 Å². The number of nitrogens with one attached hydrogen (secondary N) is 2. The smallest absolute Gasteiger partial charge is 0.255 e. The standard InChI is InChI=1S/C14H20N2O4S/c1-3-15-12(9-21(2,18)19)10-4-5-13-11(8-10)14(17)16-6-7-20-13/h4-5,8,12,15H,3,6-7,9H2,1-2H3,(H,16,17). The van der Waals surface area contributed by atoms with Gasteiger partial charge in [0, 0.05) is 12.3 Å². The van der Waals surface area contributed by atoms with Crippen molar-refractivity contribution < 1.29 is 17.9 Å². The molecular formula is C14H20N2O4S. The monoisotopic (exact) mass is 312 g/mol. The Kier molecular flexibility index (Phi) is 4.84. The van der Waals surface area contributed by atoms with E-state index in [1.165, 1.54) is 6.26 Å². The zero-order valence-electron chi connectivity index (χ0n) is 12.2. The molecule has 0 aliphatic carbocycles. The third-order valence-corrected chi connectivity index (χ3v) is 4.15. The Hall–Kier alpha value is -1.60. The first-order chi connectivity index (χ1) is 9.90. The summed E-state index contributed by atoms with van der Waals surface area (Å²) in [4.78, 5) is 12.0. The maximum absolute atomic E-state index is 12.0. The molecule has 2 N–H and O–H groups in total. The van der Waals surface area contributed by atoms with Crippen LogP contribution in [0.2, 0.25) is 0 Å². The first-order valence-electron chi connectivity index (χ1n) is 6.87. The van der Waals surface area contributed by atoms with Gasteiger partial charge in [-0.1, -0.05) is 13.0 Å². The van der Waals surface area contributed by atoms with Crippen molar-refractivity contribution in [3.8, 4) is 5.75 Å². The molecular weight excluding hydrogens is 292 g/mol. The van der Waals surface area contributed by atoms with Gasteiger partial charge in [0.05, 0.1) is 17.9 Å². The number of carbonyl (C=O) groups excluding carboxylic acids is 1. The van der Waals surface area contributed by atoms with Gasteiger partial charge < -0.3 is 15.4 Å². The fourth-order valence-electron chi connectivity index (χ4n) is 2.31. The second kappa shape index (κ2) is 6.44. The fourth-order valence-corrected chi connectivity index (χ4v) is 3.23. The van der Waals surface area contributed by atoms with E-state index in [0.29, 0.717) is 31.0 Å². The number of carbonyl (C=O) groups is 1. The lowest BCUT2D eigenvalue weighted by Crippen LogP contribution is -2.28. The predicted octanol–water partition coefficient (Wildman–Crippen LogP) is 0.504. The zero-order chi connectivity index (χ0) is 15.5. The minimum Gasteiger partial charge on any atom is -0.491 e. The van der Waals surface area contributed by atoms with E-state index in [1.54, 1.807) is 18.2 Å². The van der Waals surface area contributed by atoms with Crippen molar-refractivity contribution in [2.75, 3.05) is 31.7 Å². The van der Waals surface area contributed by atoms with Crippen LogP contribution in [0.4, 0.5) is 0 Å². The topological polar surface area (TPSA) is 84.5 Å². The van der Waals surface area contributed by atoms with Crippen molar-refractivity contribution in [1.82, 2.24) is 10.6 Å². The van der Waals surface area contributed by atoms with Crippen LogP contribution in [0.3, 0.4) is 0 Å². The van der Waals surface area contributed by atoms with Crippen LogP contribution in [-0.4, -0.2) is 46.0 Å². The van der Waals surface area contributed by atoms with Crippen LogP contribution >= 0.6 is 0 Å². The first-order valence-corrected chi connectivity index (χ1v) is 8.93. The Balaban J connectivity index is 2.35. The molecule has 0 bridgehead atoms. The quantitative estimate of drug-likeness (QED) is 0.827. The van der Waals surface area contributed by atoms with E-state index in [2.05, 4.69) is 10.6 Å². The van der Waals surface area contributed by atoms with Crippen LogP contribution in [0.5, 0.6) is 5.75 Å². The molecule has 1 aromatic rings. The van der Waals surface area contributed by atoms with Crippen molar-refractivity contribution in [2.24, 2.45) is 0 Å². The van der Waals surface area contributed by atoms with Crippen LogP contribution < -0.4 is 15.4 Å². The Morgan fingerprint density at radius 1 is 1.43 bits per heavy atom. The normalized spacial score (nSPS) is 16.4. The van der Waals surface area contributed by atoms with Gasteiger partial charge in [0.1, 0.15) is 22.2 Å². The summed E-state index contributed by atoms with van der Waals surface area (Å²) < 4.78 is 28.6. The van der Waals surface area contributed by atoms with Gasteiger partial charge in [0.15, 0.2) is 0 Å².